The maximum atomic E-state index is 13.1. The van der Waals surface area contributed by atoms with Gasteiger partial charge in [-0.15, -0.1) is 11.8 Å². The number of benzene rings is 1. The minimum Gasteiger partial charge on any atom is -0.326 e. The van der Waals surface area contributed by atoms with Crippen LogP contribution in [0.5, 0.6) is 0 Å². The Morgan fingerprint density at radius 1 is 1.09 bits per heavy atom. The van der Waals surface area contributed by atoms with Crippen molar-refractivity contribution < 1.29 is 23.8 Å². The maximum absolute atomic E-state index is 13.1. The van der Waals surface area contributed by atoms with Crippen molar-refractivity contribution in [3.05, 3.63) is 41.8 Å². The fraction of sp³-hybridized carbons (Fsp3) is 0.458. The lowest BCUT2D eigenvalue weighted by molar-refractivity contribution is -0.427. The number of anilines is 1. The standard InChI is InChI=1S/C24H29N3O4S/c1-24(2,3)19(28)16-27-18-13-15-32-21(18)22(30)26(23(27)31)14-9-5-8-12-20(29)25-17-10-6-4-7-11-17/h4,6-7,10-11,13,15,21H,5,8-9,12,14,16H2,1-3H3/p+1. The zero-order valence-corrected chi connectivity index (χ0v) is 19.6. The van der Waals surface area contributed by atoms with Crippen LogP contribution in [-0.2, 0) is 14.4 Å². The Labute approximate surface area is 192 Å². The van der Waals surface area contributed by atoms with Crippen LogP contribution in [0.3, 0.4) is 0 Å². The molecule has 3 rings (SSSR count). The lowest BCUT2D eigenvalue weighted by Crippen LogP contribution is -2.56. The van der Waals surface area contributed by atoms with E-state index in [0.717, 1.165) is 5.69 Å². The van der Waals surface area contributed by atoms with E-state index in [1.54, 1.807) is 11.5 Å². The zero-order valence-electron chi connectivity index (χ0n) is 18.8. The van der Waals surface area contributed by atoms with Crippen LogP contribution in [0.1, 0.15) is 46.5 Å². The summed E-state index contributed by atoms with van der Waals surface area (Å²) in [5.74, 6) is -0.344. The lowest BCUT2D eigenvalue weighted by atomic mass is 9.90. The molecule has 32 heavy (non-hydrogen) atoms. The highest BCUT2D eigenvalue weighted by atomic mass is 32.2. The van der Waals surface area contributed by atoms with Crippen molar-refractivity contribution in [1.82, 2.24) is 4.90 Å². The Morgan fingerprint density at radius 3 is 2.50 bits per heavy atom. The number of fused-ring (bicyclic) bond motifs is 1. The first kappa shape index (κ1) is 23.9. The SMILES string of the molecule is CC(C)(C)C(=O)C[N+]1=C2C=CSC2C(=O)N(CCCCCC(=O)Nc2ccccc2)C1=O. The Bertz CT molecular complexity index is 963. The molecule has 0 aromatic heterocycles. The molecule has 0 spiro atoms. The zero-order chi connectivity index (χ0) is 23.3. The van der Waals surface area contributed by atoms with Gasteiger partial charge in [-0.1, -0.05) is 39.0 Å². The summed E-state index contributed by atoms with van der Waals surface area (Å²) in [4.78, 5) is 51.8. The summed E-state index contributed by atoms with van der Waals surface area (Å²) >= 11 is 1.36. The number of hydrogen-bond donors (Lipinski definition) is 1. The van der Waals surface area contributed by atoms with Gasteiger partial charge in [-0.2, -0.15) is 14.3 Å². The summed E-state index contributed by atoms with van der Waals surface area (Å²) < 4.78 is 1.45. The van der Waals surface area contributed by atoms with Gasteiger partial charge in [-0.3, -0.25) is 9.59 Å². The number of unbranched alkanes of at least 4 members (excludes halogenated alkanes) is 2. The molecule has 8 heteroatoms. The highest BCUT2D eigenvalue weighted by Crippen LogP contribution is 2.28. The summed E-state index contributed by atoms with van der Waals surface area (Å²) in [7, 11) is 0. The molecule has 7 nitrogen and oxygen atoms in total. The molecular weight excluding hydrogens is 426 g/mol. The van der Waals surface area contributed by atoms with Crippen LogP contribution in [0.2, 0.25) is 0 Å². The van der Waals surface area contributed by atoms with Crippen molar-refractivity contribution in [2.75, 3.05) is 18.4 Å². The summed E-state index contributed by atoms with van der Waals surface area (Å²) in [6, 6.07) is 8.85. The average molecular weight is 457 g/mol. The molecule has 0 saturated heterocycles. The quantitative estimate of drug-likeness (QED) is 0.451. The molecule has 1 unspecified atom stereocenters. The largest absolute Gasteiger partial charge is 0.501 e. The van der Waals surface area contributed by atoms with Gasteiger partial charge in [0.05, 0.1) is 6.54 Å². The number of ketones is 1. The van der Waals surface area contributed by atoms with Gasteiger partial charge in [0.2, 0.25) is 5.91 Å². The number of carbonyl (C=O) groups is 4. The monoisotopic (exact) mass is 456 g/mol. The molecule has 1 aromatic rings. The molecule has 0 bridgehead atoms. The Kier molecular flexibility index (Phi) is 7.66. The van der Waals surface area contributed by atoms with Crippen molar-refractivity contribution in [3.8, 4) is 0 Å². The molecule has 170 valence electrons. The van der Waals surface area contributed by atoms with Crippen LogP contribution in [-0.4, -0.2) is 57.2 Å². The third-order valence-electron chi connectivity index (χ3n) is 5.47. The first-order chi connectivity index (χ1) is 15.2. The van der Waals surface area contributed by atoms with Gasteiger partial charge in [0.15, 0.2) is 17.6 Å². The summed E-state index contributed by atoms with van der Waals surface area (Å²) in [6.07, 6.45) is 4.12. The molecule has 0 saturated carbocycles. The third kappa shape index (κ3) is 5.73. The first-order valence-corrected chi connectivity index (χ1v) is 11.8. The number of thioether (sulfide) groups is 1. The molecule has 2 heterocycles. The molecule has 1 N–H and O–H groups in total. The number of nitrogens with zero attached hydrogens (tertiary/aromatic N) is 2. The number of rotatable bonds is 9. The van der Waals surface area contributed by atoms with Crippen LogP contribution in [0.4, 0.5) is 10.5 Å². The number of nitrogens with one attached hydrogen (secondary N) is 1. The highest BCUT2D eigenvalue weighted by Gasteiger charge is 2.49. The summed E-state index contributed by atoms with van der Waals surface area (Å²) in [5, 5.41) is 4.17. The smallest absolute Gasteiger partial charge is 0.326 e. The minimum absolute atomic E-state index is 0.0392. The predicted octanol–water partition coefficient (Wildman–Crippen LogP) is 3.85. The van der Waals surface area contributed by atoms with Crippen LogP contribution >= 0.6 is 11.8 Å². The number of carbonyl (C=O) groups excluding carboxylic acids is 4. The molecule has 0 fully saturated rings. The highest BCUT2D eigenvalue weighted by molar-refractivity contribution is 8.04. The minimum atomic E-state index is -0.571. The Hall–Kier alpha value is -2.74. The topological polar surface area (TPSA) is 86.6 Å². The maximum Gasteiger partial charge on any atom is 0.501 e. The summed E-state index contributed by atoms with van der Waals surface area (Å²) in [6.45, 7) is 5.71. The number of allylic oxidation sites excluding steroid dienone is 1. The fourth-order valence-corrected chi connectivity index (χ4v) is 4.44. The van der Waals surface area contributed by atoms with E-state index in [1.165, 1.54) is 21.2 Å². The molecule has 1 atom stereocenters. The number of hydrogen-bond acceptors (Lipinski definition) is 5. The summed E-state index contributed by atoms with van der Waals surface area (Å²) in [5.41, 5.74) is 0.788. The van der Waals surface area contributed by atoms with E-state index in [-0.39, 0.29) is 30.7 Å². The van der Waals surface area contributed by atoms with E-state index in [4.69, 9.17) is 0 Å². The fourth-order valence-electron chi connectivity index (χ4n) is 3.48. The van der Waals surface area contributed by atoms with E-state index in [0.29, 0.717) is 31.4 Å². The molecule has 2 aliphatic heterocycles. The van der Waals surface area contributed by atoms with Crippen LogP contribution in [0.25, 0.3) is 0 Å². The number of imide groups is 1. The van der Waals surface area contributed by atoms with Crippen molar-refractivity contribution in [3.63, 3.8) is 0 Å². The van der Waals surface area contributed by atoms with E-state index in [2.05, 4.69) is 5.32 Å². The van der Waals surface area contributed by atoms with Crippen molar-refractivity contribution in [2.45, 2.75) is 51.7 Å². The molecule has 1 aromatic carbocycles. The van der Waals surface area contributed by atoms with Crippen LogP contribution in [0.15, 0.2) is 41.8 Å². The lowest BCUT2D eigenvalue weighted by Gasteiger charge is -2.25. The second kappa shape index (κ2) is 10.3. The second-order valence-electron chi connectivity index (χ2n) is 9.00. The van der Waals surface area contributed by atoms with Gasteiger partial charge in [0.25, 0.3) is 0 Å². The van der Waals surface area contributed by atoms with E-state index < -0.39 is 16.7 Å². The molecule has 2 aliphatic rings. The predicted molar refractivity (Wildman–Crippen MR) is 126 cm³/mol. The number of para-hydroxylation sites is 1. The Morgan fingerprint density at radius 2 is 1.81 bits per heavy atom. The molecular formula is C24H30N3O4S+. The van der Waals surface area contributed by atoms with Gasteiger partial charge in [0, 0.05) is 17.5 Å². The van der Waals surface area contributed by atoms with Crippen molar-refractivity contribution >= 4 is 46.8 Å². The Balaban J connectivity index is 1.53. The van der Waals surface area contributed by atoms with E-state index in [9.17, 15) is 19.2 Å². The van der Waals surface area contributed by atoms with E-state index in [1.807, 2.05) is 51.1 Å². The third-order valence-corrected chi connectivity index (χ3v) is 6.48. The van der Waals surface area contributed by atoms with Gasteiger partial charge in [-0.25, -0.2) is 4.79 Å². The van der Waals surface area contributed by atoms with Gasteiger partial charge >= 0.3 is 11.9 Å². The van der Waals surface area contributed by atoms with Crippen LogP contribution in [0, 0.1) is 5.41 Å². The molecule has 0 radical (unpaired) electrons. The van der Waals surface area contributed by atoms with Crippen LogP contribution < -0.4 is 5.32 Å². The number of amides is 4. The van der Waals surface area contributed by atoms with Crippen molar-refractivity contribution in [2.24, 2.45) is 5.41 Å². The molecule has 4 amide bonds. The van der Waals surface area contributed by atoms with Gasteiger partial charge in [0.1, 0.15) is 5.71 Å². The van der Waals surface area contributed by atoms with Gasteiger partial charge < -0.3 is 5.32 Å². The number of urea groups is 1. The normalized spacial score (nSPS) is 18.2. The molecule has 0 aliphatic carbocycles. The first-order valence-electron chi connectivity index (χ1n) is 10.9. The van der Waals surface area contributed by atoms with Crippen molar-refractivity contribution in [1.29, 1.82) is 0 Å². The van der Waals surface area contributed by atoms with E-state index >= 15 is 0 Å². The second-order valence-corrected chi connectivity index (χ2v) is 10.0. The van der Waals surface area contributed by atoms with Gasteiger partial charge in [-0.05, 0) is 42.9 Å². The number of Topliss-reactive ketones (excluding diaryl/α,β-unsaturated/α-hetero) is 1. The average Bonchev–Trinajstić information content (AvgIpc) is 3.23.